The van der Waals surface area contributed by atoms with Crippen LogP contribution < -0.4 is 9.62 Å². The normalized spacial score (nSPS) is 16.6. The molecule has 0 spiro atoms. The Hall–Kier alpha value is -2.73. The van der Waals surface area contributed by atoms with E-state index in [-0.39, 0.29) is 26.9 Å². The Morgan fingerprint density at radius 2 is 2.06 bits per heavy atom. The maximum absolute atomic E-state index is 14.9. The van der Waals surface area contributed by atoms with E-state index >= 15 is 0 Å². The predicted molar refractivity (Wildman–Crippen MR) is 125 cm³/mol. The minimum absolute atomic E-state index is 0.00130. The van der Waals surface area contributed by atoms with Crippen molar-refractivity contribution in [1.82, 2.24) is 9.27 Å². The van der Waals surface area contributed by atoms with Crippen molar-refractivity contribution in [2.24, 2.45) is 0 Å². The second-order valence-corrected chi connectivity index (χ2v) is 10.4. The van der Waals surface area contributed by atoms with Crippen LogP contribution in [0.4, 0.5) is 20.7 Å². The second kappa shape index (κ2) is 9.64. The Balaban J connectivity index is 1.51. The van der Waals surface area contributed by atoms with Crippen molar-refractivity contribution < 1.29 is 22.7 Å². The molecule has 3 aromatic rings. The maximum atomic E-state index is 14.9. The number of rotatable bonds is 7. The number of sulfonamides is 1. The number of carboxylic acid groups (broad SMARTS) is 1. The van der Waals surface area contributed by atoms with Gasteiger partial charge in [-0.2, -0.15) is 4.37 Å². The van der Waals surface area contributed by atoms with Gasteiger partial charge < -0.3 is 10.4 Å². The summed E-state index contributed by atoms with van der Waals surface area (Å²) in [6, 6.07) is 13.2. The monoisotopic (exact) mass is 510 g/mol. The number of benzene rings is 2. The molecule has 8 nitrogen and oxygen atoms in total. The van der Waals surface area contributed by atoms with Crippen molar-refractivity contribution in [2.45, 2.75) is 23.9 Å². The third-order valence-corrected chi connectivity index (χ3v) is 7.78. The molecule has 1 fully saturated rings. The number of hydrogen-bond acceptors (Lipinski definition) is 7. The first-order valence-corrected chi connectivity index (χ1v) is 12.6. The van der Waals surface area contributed by atoms with Crippen molar-refractivity contribution >= 4 is 50.8 Å². The van der Waals surface area contributed by atoms with E-state index in [1.54, 1.807) is 0 Å². The van der Waals surface area contributed by atoms with E-state index in [1.165, 1.54) is 17.0 Å². The summed E-state index contributed by atoms with van der Waals surface area (Å²) in [6.07, 6.45) is -0.996. The van der Waals surface area contributed by atoms with E-state index in [0.29, 0.717) is 6.54 Å². The highest BCUT2D eigenvalue weighted by atomic mass is 35.5. The average molecular weight is 511 g/mol. The second-order valence-electron chi connectivity index (χ2n) is 7.52. The number of nitrogens with zero attached hydrogens (tertiary/aromatic N) is 3. The fraction of sp³-hybridized carbons (Fsp3) is 0.238. The summed E-state index contributed by atoms with van der Waals surface area (Å²) in [5.74, 6) is -1.45. The molecule has 0 saturated carbocycles. The molecule has 0 aliphatic carbocycles. The van der Waals surface area contributed by atoms with Gasteiger partial charge >= 0.3 is 6.09 Å². The van der Waals surface area contributed by atoms with Gasteiger partial charge in [-0.05, 0) is 41.7 Å². The third-order valence-electron chi connectivity index (χ3n) is 5.23. The summed E-state index contributed by atoms with van der Waals surface area (Å²) in [7, 11) is -4.78. The minimum Gasteiger partial charge on any atom is -0.464 e. The molecule has 2 aromatic carbocycles. The molecule has 1 saturated heterocycles. The van der Waals surface area contributed by atoms with Crippen molar-refractivity contribution in [3.63, 3.8) is 0 Å². The molecule has 1 unspecified atom stereocenters. The molecule has 0 bridgehead atoms. The minimum atomic E-state index is -4.78. The van der Waals surface area contributed by atoms with Gasteiger partial charge in [-0.25, -0.2) is 17.6 Å². The summed E-state index contributed by atoms with van der Waals surface area (Å²) >= 11 is 7.15. The molecular weight excluding hydrogens is 491 g/mol. The van der Waals surface area contributed by atoms with Gasteiger partial charge in [-0.3, -0.25) is 4.90 Å². The maximum Gasteiger partial charge on any atom is 0.427 e. The molecule has 2 N–H and O–H groups in total. The number of amides is 1. The summed E-state index contributed by atoms with van der Waals surface area (Å²) in [5, 5.41) is 14.0. The molecule has 0 radical (unpaired) electrons. The van der Waals surface area contributed by atoms with Crippen LogP contribution in [0.25, 0.3) is 0 Å². The van der Waals surface area contributed by atoms with Crippen LogP contribution in [0.5, 0.6) is 0 Å². The zero-order chi connectivity index (χ0) is 23.6. The van der Waals surface area contributed by atoms with Crippen molar-refractivity contribution in [1.29, 1.82) is 0 Å². The third kappa shape index (κ3) is 5.11. The Kier molecular flexibility index (Phi) is 6.84. The van der Waals surface area contributed by atoms with E-state index in [1.807, 2.05) is 18.2 Å². The zero-order valence-electron chi connectivity index (χ0n) is 17.2. The number of anilines is 2. The molecule has 1 aromatic heterocycles. The van der Waals surface area contributed by atoms with Crippen molar-refractivity contribution in [3.8, 4) is 0 Å². The highest BCUT2D eigenvalue weighted by Crippen LogP contribution is 2.32. The molecule has 1 atom stereocenters. The topological polar surface area (TPSA) is 103 Å². The summed E-state index contributed by atoms with van der Waals surface area (Å²) in [6.45, 7) is 2.35. The summed E-state index contributed by atoms with van der Waals surface area (Å²) in [5.41, 5.74) is 1.44. The van der Waals surface area contributed by atoms with E-state index < -0.39 is 26.8 Å². The number of aromatic nitrogens is 1. The molecule has 4 rings (SSSR count). The fourth-order valence-corrected chi connectivity index (χ4v) is 5.88. The molecule has 1 aliphatic rings. The summed E-state index contributed by atoms with van der Waals surface area (Å²) < 4.78 is 44.5. The molecular formula is C21H20ClFN4O4S2. The number of halogens is 2. The van der Waals surface area contributed by atoms with Crippen LogP contribution in [0.2, 0.25) is 5.02 Å². The van der Waals surface area contributed by atoms with Crippen LogP contribution >= 0.6 is 23.1 Å². The number of carbonyl (C=O) groups is 1. The van der Waals surface area contributed by atoms with Gasteiger partial charge in [0.15, 0.2) is 5.82 Å². The zero-order valence-corrected chi connectivity index (χ0v) is 19.6. The molecule has 33 heavy (non-hydrogen) atoms. The van der Waals surface area contributed by atoms with Gasteiger partial charge in [0.2, 0.25) is 0 Å². The SMILES string of the molecule is O=C(O)N(c1ccsn1)S(=O)(=O)c1cc(Cl)c(NC2CCN(Cc3ccccc3)C2)cc1F. The van der Waals surface area contributed by atoms with E-state index in [0.717, 1.165) is 43.2 Å². The van der Waals surface area contributed by atoms with Crippen molar-refractivity contribution in [3.05, 3.63) is 70.3 Å². The molecule has 1 amide bonds. The Bertz CT molecular complexity index is 1240. The van der Waals surface area contributed by atoms with Gasteiger partial charge in [0, 0.05) is 31.1 Å². The van der Waals surface area contributed by atoms with Crippen LogP contribution in [0.3, 0.4) is 0 Å². The standard InChI is InChI=1S/C21H20ClFN4O4S2/c22-16-10-19(33(30,31)27(21(28)29)20-7-9-32-25-20)17(23)11-18(16)24-15-6-8-26(13-15)12-14-4-2-1-3-5-14/h1-5,7,9-11,15,24H,6,8,12-13H2,(H,28,29). The van der Waals surface area contributed by atoms with Crippen LogP contribution in [0.1, 0.15) is 12.0 Å². The lowest BCUT2D eigenvalue weighted by Gasteiger charge is -2.20. The van der Waals surface area contributed by atoms with Crippen LogP contribution in [0.15, 0.2) is 58.8 Å². The predicted octanol–water partition coefficient (Wildman–Crippen LogP) is 4.50. The lowest BCUT2D eigenvalue weighted by atomic mass is 10.2. The van der Waals surface area contributed by atoms with Gasteiger partial charge in [0.25, 0.3) is 10.0 Å². The lowest BCUT2D eigenvalue weighted by molar-refractivity contribution is 0.206. The highest BCUT2D eigenvalue weighted by Gasteiger charge is 2.35. The van der Waals surface area contributed by atoms with Crippen LogP contribution in [-0.4, -0.2) is 48.0 Å². The van der Waals surface area contributed by atoms with Gasteiger partial charge in [0.05, 0.1) is 10.7 Å². The number of nitrogens with one attached hydrogen (secondary N) is 1. The van der Waals surface area contributed by atoms with Gasteiger partial charge in [-0.15, -0.1) is 4.31 Å². The van der Waals surface area contributed by atoms with Gasteiger partial charge in [0.1, 0.15) is 10.7 Å². The first-order valence-electron chi connectivity index (χ1n) is 9.96. The van der Waals surface area contributed by atoms with Crippen LogP contribution in [-0.2, 0) is 16.6 Å². The van der Waals surface area contributed by atoms with E-state index in [2.05, 4.69) is 26.7 Å². The first-order chi connectivity index (χ1) is 15.8. The molecule has 2 heterocycles. The average Bonchev–Trinajstić information content (AvgIpc) is 3.43. The Labute approximate surface area is 199 Å². The van der Waals surface area contributed by atoms with E-state index in [4.69, 9.17) is 11.6 Å². The Morgan fingerprint density at radius 3 is 2.73 bits per heavy atom. The largest absolute Gasteiger partial charge is 0.464 e. The smallest absolute Gasteiger partial charge is 0.427 e. The molecule has 174 valence electrons. The fourth-order valence-electron chi connectivity index (χ4n) is 3.73. The highest BCUT2D eigenvalue weighted by molar-refractivity contribution is 7.93. The van der Waals surface area contributed by atoms with Gasteiger partial charge in [-0.1, -0.05) is 41.9 Å². The van der Waals surface area contributed by atoms with Crippen LogP contribution in [0, 0.1) is 5.82 Å². The van der Waals surface area contributed by atoms with Crippen molar-refractivity contribution in [2.75, 3.05) is 22.7 Å². The first kappa shape index (κ1) is 23.4. The summed E-state index contributed by atoms with van der Waals surface area (Å²) in [4.78, 5) is 13.0. The molecule has 1 aliphatic heterocycles. The Morgan fingerprint density at radius 1 is 1.30 bits per heavy atom. The quantitative estimate of drug-likeness (QED) is 0.482. The number of likely N-dealkylation sites (tertiary alicyclic amines) is 1. The molecule has 12 heteroatoms. The number of hydrogen-bond donors (Lipinski definition) is 2. The van der Waals surface area contributed by atoms with E-state index in [9.17, 15) is 22.7 Å². The lowest BCUT2D eigenvalue weighted by Crippen LogP contribution is -2.36.